The Morgan fingerprint density at radius 2 is 1.97 bits per heavy atom. The number of hydrogen-bond acceptors (Lipinski definition) is 6. The molecule has 2 aromatic carbocycles. The van der Waals surface area contributed by atoms with Gasteiger partial charge in [-0.15, -0.1) is 10.2 Å². The minimum atomic E-state index is -0.784. The van der Waals surface area contributed by atoms with Gasteiger partial charge < -0.3 is 14.7 Å². The number of amides is 1. The predicted molar refractivity (Wildman–Crippen MR) is 105 cm³/mol. The number of nitrogens with zero attached hydrogens (tertiary/aromatic N) is 5. The van der Waals surface area contributed by atoms with E-state index in [1.54, 1.807) is 36.4 Å². The third-order valence-corrected chi connectivity index (χ3v) is 5.13. The zero-order valence-electron chi connectivity index (χ0n) is 16.3. The van der Waals surface area contributed by atoms with Crippen LogP contribution in [0.1, 0.15) is 28.3 Å². The molecule has 0 radical (unpaired) electrons. The molecule has 1 N–H and O–H groups in total. The number of benzene rings is 2. The van der Waals surface area contributed by atoms with Crippen molar-refractivity contribution in [2.75, 3.05) is 19.7 Å². The van der Waals surface area contributed by atoms with Crippen LogP contribution in [0.2, 0.25) is 0 Å². The Labute approximate surface area is 172 Å². The van der Waals surface area contributed by atoms with Crippen molar-refractivity contribution in [3.8, 4) is 5.75 Å². The van der Waals surface area contributed by atoms with Crippen molar-refractivity contribution in [3.63, 3.8) is 0 Å². The third kappa shape index (κ3) is 4.80. The summed E-state index contributed by atoms with van der Waals surface area (Å²) in [4.78, 5) is 15.9. The normalized spacial score (nSPS) is 17.1. The SMILES string of the molecule is O=C(c1ccc(OC[C@H](O)Cn2ncnn2)cc1)N1CC[C@H](c2ccc(F)cc2)C1. The van der Waals surface area contributed by atoms with E-state index in [2.05, 4.69) is 15.4 Å². The van der Waals surface area contributed by atoms with Gasteiger partial charge in [0.15, 0.2) is 6.33 Å². The topological polar surface area (TPSA) is 93.4 Å². The minimum Gasteiger partial charge on any atom is -0.491 e. The first kappa shape index (κ1) is 20.0. The van der Waals surface area contributed by atoms with Gasteiger partial charge in [-0.1, -0.05) is 12.1 Å². The molecule has 1 aliphatic rings. The highest BCUT2D eigenvalue weighted by Gasteiger charge is 2.28. The van der Waals surface area contributed by atoms with Crippen LogP contribution in [-0.2, 0) is 6.54 Å². The second kappa shape index (κ2) is 9.00. The van der Waals surface area contributed by atoms with E-state index in [1.807, 2.05) is 4.90 Å². The van der Waals surface area contributed by atoms with E-state index >= 15 is 0 Å². The number of tetrazole rings is 1. The van der Waals surface area contributed by atoms with Crippen LogP contribution in [0.5, 0.6) is 5.75 Å². The predicted octanol–water partition coefficient (Wildman–Crippen LogP) is 1.88. The molecule has 0 saturated carbocycles. The van der Waals surface area contributed by atoms with E-state index in [1.165, 1.54) is 23.3 Å². The summed E-state index contributed by atoms with van der Waals surface area (Å²) in [5, 5.41) is 21.1. The third-order valence-electron chi connectivity index (χ3n) is 5.13. The fourth-order valence-electron chi connectivity index (χ4n) is 3.53. The Hall–Kier alpha value is -3.33. The van der Waals surface area contributed by atoms with E-state index in [0.717, 1.165) is 12.0 Å². The molecule has 9 heteroatoms. The van der Waals surface area contributed by atoms with Crippen molar-refractivity contribution in [2.45, 2.75) is 25.0 Å². The van der Waals surface area contributed by atoms with Crippen LogP contribution in [0.4, 0.5) is 4.39 Å². The fourth-order valence-corrected chi connectivity index (χ4v) is 3.53. The highest BCUT2D eigenvalue weighted by Crippen LogP contribution is 2.28. The Morgan fingerprint density at radius 1 is 1.20 bits per heavy atom. The lowest BCUT2D eigenvalue weighted by atomic mass is 9.99. The van der Waals surface area contributed by atoms with Gasteiger partial charge in [0.1, 0.15) is 24.3 Å². The van der Waals surface area contributed by atoms with E-state index in [9.17, 15) is 14.3 Å². The van der Waals surface area contributed by atoms with Gasteiger partial charge in [0.05, 0.1) is 6.54 Å². The lowest BCUT2D eigenvalue weighted by molar-refractivity contribution is 0.0788. The summed E-state index contributed by atoms with van der Waals surface area (Å²) in [5.74, 6) is 0.485. The molecule has 156 valence electrons. The fraction of sp³-hybridized carbons (Fsp3) is 0.333. The van der Waals surface area contributed by atoms with Gasteiger partial charge in [-0.25, -0.2) is 4.39 Å². The van der Waals surface area contributed by atoms with Crippen molar-refractivity contribution in [3.05, 3.63) is 71.8 Å². The Kier molecular flexibility index (Phi) is 5.99. The van der Waals surface area contributed by atoms with Crippen LogP contribution in [0.25, 0.3) is 0 Å². The molecular weight excluding hydrogens is 389 g/mol. The first-order valence-electron chi connectivity index (χ1n) is 9.75. The molecule has 2 atom stereocenters. The van der Waals surface area contributed by atoms with Crippen molar-refractivity contribution in [1.29, 1.82) is 0 Å². The summed E-state index contributed by atoms with van der Waals surface area (Å²) in [6.07, 6.45) is 1.37. The van der Waals surface area contributed by atoms with Crippen LogP contribution < -0.4 is 4.74 Å². The molecule has 1 aliphatic heterocycles. The molecule has 8 nitrogen and oxygen atoms in total. The number of likely N-dealkylation sites (tertiary alicyclic amines) is 1. The van der Waals surface area contributed by atoms with E-state index < -0.39 is 6.10 Å². The molecule has 0 spiro atoms. The summed E-state index contributed by atoms with van der Waals surface area (Å²) in [7, 11) is 0. The van der Waals surface area contributed by atoms with E-state index in [-0.39, 0.29) is 30.8 Å². The average Bonchev–Trinajstić information content (AvgIpc) is 3.45. The van der Waals surface area contributed by atoms with Crippen molar-refractivity contribution < 1.29 is 19.0 Å². The Balaban J connectivity index is 1.29. The highest BCUT2D eigenvalue weighted by atomic mass is 19.1. The van der Waals surface area contributed by atoms with Crippen LogP contribution in [0.3, 0.4) is 0 Å². The second-order valence-corrected chi connectivity index (χ2v) is 7.27. The molecule has 0 unspecified atom stereocenters. The van der Waals surface area contributed by atoms with E-state index in [4.69, 9.17) is 4.74 Å². The van der Waals surface area contributed by atoms with Crippen molar-refractivity contribution >= 4 is 5.91 Å². The van der Waals surface area contributed by atoms with Crippen LogP contribution in [0, 0.1) is 5.82 Å². The lowest BCUT2D eigenvalue weighted by Crippen LogP contribution is -2.28. The number of aliphatic hydroxyl groups excluding tert-OH is 1. The zero-order valence-corrected chi connectivity index (χ0v) is 16.3. The number of carbonyl (C=O) groups is 1. The number of aromatic nitrogens is 4. The lowest BCUT2D eigenvalue weighted by Gasteiger charge is -2.17. The van der Waals surface area contributed by atoms with Crippen LogP contribution >= 0.6 is 0 Å². The molecule has 30 heavy (non-hydrogen) atoms. The molecule has 1 saturated heterocycles. The monoisotopic (exact) mass is 411 g/mol. The first-order valence-corrected chi connectivity index (χ1v) is 9.75. The van der Waals surface area contributed by atoms with Gasteiger partial charge in [0.25, 0.3) is 5.91 Å². The summed E-state index contributed by atoms with van der Waals surface area (Å²) in [6, 6.07) is 13.3. The molecule has 3 aromatic rings. The Morgan fingerprint density at radius 3 is 2.67 bits per heavy atom. The smallest absolute Gasteiger partial charge is 0.253 e. The number of hydrogen-bond donors (Lipinski definition) is 1. The maximum Gasteiger partial charge on any atom is 0.253 e. The van der Waals surface area contributed by atoms with Crippen molar-refractivity contribution in [2.24, 2.45) is 0 Å². The van der Waals surface area contributed by atoms with Gasteiger partial charge in [-0.2, -0.15) is 4.80 Å². The molecular formula is C21H22FN5O3. The first-order chi connectivity index (χ1) is 14.6. The standard InChI is InChI=1S/C21H22FN5O3/c22-18-5-1-15(2-6-18)17-9-10-26(11-17)21(29)16-3-7-20(8-4-16)30-13-19(28)12-27-24-14-23-25-27/h1-8,14,17,19,28H,9-13H2/t17-,19+/m0/s1. The zero-order chi connectivity index (χ0) is 20.9. The summed E-state index contributed by atoms with van der Waals surface area (Å²) in [6.45, 7) is 1.54. The minimum absolute atomic E-state index is 0.0385. The number of aliphatic hydroxyl groups is 1. The van der Waals surface area contributed by atoms with Gasteiger partial charge in [0.2, 0.25) is 0 Å². The summed E-state index contributed by atoms with van der Waals surface area (Å²) >= 11 is 0. The highest BCUT2D eigenvalue weighted by molar-refractivity contribution is 5.94. The van der Waals surface area contributed by atoms with Gasteiger partial charge >= 0.3 is 0 Å². The second-order valence-electron chi connectivity index (χ2n) is 7.27. The molecule has 0 aliphatic carbocycles. The molecule has 2 heterocycles. The van der Waals surface area contributed by atoms with E-state index in [0.29, 0.717) is 24.4 Å². The quantitative estimate of drug-likeness (QED) is 0.638. The Bertz CT molecular complexity index is 963. The maximum absolute atomic E-state index is 13.1. The van der Waals surface area contributed by atoms with Gasteiger partial charge in [-0.05, 0) is 53.6 Å². The molecule has 1 amide bonds. The maximum atomic E-state index is 13.1. The van der Waals surface area contributed by atoms with Crippen LogP contribution in [0.15, 0.2) is 54.9 Å². The average molecular weight is 411 g/mol. The number of rotatable bonds is 7. The number of ether oxygens (including phenoxy) is 1. The summed E-state index contributed by atoms with van der Waals surface area (Å²) in [5.41, 5.74) is 1.63. The van der Waals surface area contributed by atoms with Gasteiger partial charge in [0, 0.05) is 24.6 Å². The molecule has 0 bridgehead atoms. The van der Waals surface area contributed by atoms with Gasteiger partial charge in [-0.3, -0.25) is 4.79 Å². The number of halogens is 1. The molecule has 4 rings (SSSR count). The molecule has 1 aromatic heterocycles. The molecule has 1 fully saturated rings. The number of carbonyl (C=O) groups excluding carboxylic acids is 1. The largest absolute Gasteiger partial charge is 0.491 e. The van der Waals surface area contributed by atoms with Crippen molar-refractivity contribution in [1.82, 2.24) is 25.1 Å². The van der Waals surface area contributed by atoms with Crippen LogP contribution in [-0.4, -0.2) is 61.9 Å². The summed E-state index contributed by atoms with van der Waals surface area (Å²) < 4.78 is 18.7.